The Labute approximate surface area is 157 Å². The Balaban J connectivity index is 1.33. The van der Waals surface area contributed by atoms with Crippen LogP contribution in [0, 0.1) is 11.3 Å². The molecule has 2 atom stereocenters. The molecule has 2 aliphatic rings. The maximum absolute atomic E-state index is 12.6. The molecular weight excluding hydrogens is 350 g/mol. The zero-order valence-electron chi connectivity index (χ0n) is 14.3. The first-order chi connectivity index (χ1) is 12.6. The number of nitrogens with one attached hydrogen (secondary N) is 1. The molecule has 2 aromatic rings. The number of carbonyl (C=O) groups is 2. The van der Waals surface area contributed by atoms with E-state index in [1.54, 1.807) is 36.7 Å². The van der Waals surface area contributed by atoms with Gasteiger partial charge in [0.05, 0.1) is 0 Å². The van der Waals surface area contributed by atoms with Crippen LogP contribution in [0.4, 0.5) is 0 Å². The van der Waals surface area contributed by atoms with Crippen molar-refractivity contribution in [3.05, 3.63) is 64.9 Å². The van der Waals surface area contributed by atoms with Crippen LogP contribution in [0.15, 0.2) is 48.8 Å². The van der Waals surface area contributed by atoms with Crippen molar-refractivity contribution >= 4 is 23.4 Å². The van der Waals surface area contributed by atoms with Crippen molar-refractivity contribution in [2.75, 3.05) is 13.1 Å². The van der Waals surface area contributed by atoms with Crippen molar-refractivity contribution in [2.24, 2.45) is 11.3 Å². The van der Waals surface area contributed by atoms with Crippen molar-refractivity contribution in [3.8, 4) is 0 Å². The predicted molar refractivity (Wildman–Crippen MR) is 98.6 cm³/mol. The summed E-state index contributed by atoms with van der Waals surface area (Å²) in [4.78, 5) is 31.0. The molecule has 1 aliphatic heterocycles. The summed E-state index contributed by atoms with van der Waals surface area (Å²) in [6.45, 7) is 1.87. The lowest BCUT2D eigenvalue weighted by Crippen LogP contribution is -2.31. The van der Waals surface area contributed by atoms with Crippen LogP contribution in [0.2, 0.25) is 5.02 Å². The standard InChI is InChI=1S/C20H20ClN3O2/c21-16-3-1-15(2-4-16)19(26)24-10-7-20(13-24)11-17(20)18(25)23-12-14-5-8-22-9-6-14/h1-6,8-9,17H,7,10-13H2,(H,23,25). The second-order valence-corrected chi connectivity index (χ2v) is 7.61. The Bertz CT molecular complexity index is 825. The van der Waals surface area contributed by atoms with E-state index in [-0.39, 0.29) is 23.1 Å². The topological polar surface area (TPSA) is 62.3 Å². The maximum Gasteiger partial charge on any atom is 0.253 e. The third-order valence-corrected chi connectivity index (χ3v) is 5.74. The van der Waals surface area contributed by atoms with Gasteiger partial charge in [0.1, 0.15) is 0 Å². The first kappa shape index (κ1) is 17.0. The van der Waals surface area contributed by atoms with E-state index in [4.69, 9.17) is 11.6 Å². The van der Waals surface area contributed by atoms with Crippen LogP contribution in [-0.4, -0.2) is 34.8 Å². The number of hydrogen-bond donors (Lipinski definition) is 1. The lowest BCUT2D eigenvalue weighted by molar-refractivity contribution is -0.123. The fourth-order valence-electron chi connectivity index (χ4n) is 3.83. The largest absolute Gasteiger partial charge is 0.352 e. The highest BCUT2D eigenvalue weighted by molar-refractivity contribution is 6.30. The van der Waals surface area contributed by atoms with Gasteiger partial charge in [0.15, 0.2) is 0 Å². The number of carbonyl (C=O) groups excluding carboxylic acids is 2. The predicted octanol–water partition coefficient (Wildman–Crippen LogP) is 2.90. The van der Waals surface area contributed by atoms with Crippen LogP contribution in [0.25, 0.3) is 0 Å². The third kappa shape index (κ3) is 3.31. The molecule has 4 rings (SSSR count). The number of nitrogens with zero attached hydrogens (tertiary/aromatic N) is 2. The minimum atomic E-state index is -0.0373. The summed E-state index contributed by atoms with van der Waals surface area (Å²) in [5.74, 6) is 0.108. The molecule has 1 spiro atoms. The van der Waals surface area contributed by atoms with Gasteiger partial charge in [-0.05, 0) is 54.8 Å². The van der Waals surface area contributed by atoms with Crippen LogP contribution in [0.1, 0.15) is 28.8 Å². The SMILES string of the molecule is O=C(NCc1ccncc1)C1CC12CCN(C(=O)c1ccc(Cl)cc1)C2. The summed E-state index contributed by atoms with van der Waals surface area (Å²) in [6.07, 6.45) is 5.19. The molecule has 2 fully saturated rings. The lowest BCUT2D eigenvalue weighted by Gasteiger charge is -2.17. The van der Waals surface area contributed by atoms with Crippen LogP contribution >= 0.6 is 11.6 Å². The number of hydrogen-bond acceptors (Lipinski definition) is 3. The molecule has 26 heavy (non-hydrogen) atoms. The Kier molecular flexibility index (Phi) is 4.41. The number of benzene rings is 1. The molecule has 5 nitrogen and oxygen atoms in total. The van der Waals surface area contributed by atoms with Crippen molar-refractivity contribution in [1.29, 1.82) is 0 Å². The zero-order chi connectivity index (χ0) is 18.1. The van der Waals surface area contributed by atoms with Crippen molar-refractivity contribution < 1.29 is 9.59 Å². The summed E-state index contributed by atoms with van der Waals surface area (Å²) in [6, 6.07) is 10.7. The minimum absolute atomic E-state index is 0.00681. The Hall–Kier alpha value is -2.40. The number of likely N-dealkylation sites (tertiary alicyclic amines) is 1. The van der Waals surface area contributed by atoms with E-state index in [0.717, 1.165) is 18.4 Å². The fourth-order valence-corrected chi connectivity index (χ4v) is 3.95. The average Bonchev–Trinajstić information content (AvgIpc) is 3.20. The van der Waals surface area contributed by atoms with Crippen LogP contribution < -0.4 is 5.32 Å². The third-order valence-electron chi connectivity index (χ3n) is 5.49. The normalized spacial score (nSPS) is 23.9. The number of pyridine rings is 1. The van der Waals surface area contributed by atoms with Crippen LogP contribution in [0.3, 0.4) is 0 Å². The van der Waals surface area contributed by atoms with Gasteiger partial charge in [-0.25, -0.2) is 0 Å². The highest BCUT2D eigenvalue weighted by Gasteiger charge is 2.61. The van der Waals surface area contributed by atoms with E-state index in [2.05, 4.69) is 10.3 Å². The summed E-state index contributed by atoms with van der Waals surface area (Å²) in [7, 11) is 0. The van der Waals surface area contributed by atoms with E-state index in [0.29, 0.717) is 30.2 Å². The first-order valence-corrected chi connectivity index (χ1v) is 9.17. The van der Waals surface area contributed by atoms with E-state index < -0.39 is 0 Å². The minimum Gasteiger partial charge on any atom is -0.352 e. The Morgan fingerprint density at radius 2 is 1.92 bits per heavy atom. The Morgan fingerprint density at radius 1 is 1.19 bits per heavy atom. The average molecular weight is 370 g/mol. The molecule has 2 unspecified atom stereocenters. The number of rotatable bonds is 4. The van der Waals surface area contributed by atoms with Gasteiger partial charge in [-0.15, -0.1) is 0 Å². The quantitative estimate of drug-likeness (QED) is 0.901. The molecule has 0 bridgehead atoms. The zero-order valence-corrected chi connectivity index (χ0v) is 15.1. The molecule has 2 heterocycles. The highest BCUT2D eigenvalue weighted by Crippen LogP contribution is 2.58. The van der Waals surface area contributed by atoms with E-state index in [1.807, 2.05) is 17.0 Å². The second-order valence-electron chi connectivity index (χ2n) is 7.18. The molecule has 6 heteroatoms. The molecule has 2 amide bonds. The molecule has 1 aromatic heterocycles. The van der Waals surface area contributed by atoms with Crippen LogP contribution in [0.5, 0.6) is 0 Å². The molecule has 1 aliphatic carbocycles. The van der Waals surface area contributed by atoms with Gasteiger partial charge >= 0.3 is 0 Å². The highest BCUT2D eigenvalue weighted by atomic mass is 35.5. The van der Waals surface area contributed by atoms with Crippen molar-refractivity contribution in [1.82, 2.24) is 15.2 Å². The summed E-state index contributed by atoms with van der Waals surface area (Å²) in [5, 5.41) is 3.63. The summed E-state index contributed by atoms with van der Waals surface area (Å²) in [5.41, 5.74) is 1.64. The molecule has 134 valence electrons. The molecule has 1 N–H and O–H groups in total. The summed E-state index contributed by atoms with van der Waals surface area (Å²) < 4.78 is 0. The van der Waals surface area contributed by atoms with Gasteiger partial charge in [-0.3, -0.25) is 14.6 Å². The van der Waals surface area contributed by atoms with E-state index in [1.165, 1.54) is 0 Å². The van der Waals surface area contributed by atoms with Gasteiger partial charge in [0, 0.05) is 53.9 Å². The monoisotopic (exact) mass is 369 g/mol. The smallest absolute Gasteiger partial charge is 0.253 e. The van der Waals surface area contributed by atoms with Gasteiger partial charge in [0.25, 0.3) is 5.91 Å². The molecular formula is C20H20ClN3O2. The molecule has 1 aromatic carbocycles. The second kappa shape index (κ2) is 6.72. The number of aromatic nitrogens is 1. The number of halogens is 1. The Morgan fingerprint density at radius 3 is 2.65 bits per heavy atom. The van der Waals surface area contributed by atoms with Crippen molar-refractivity contribution in [3.63, 3.8) is 0 Å². The maximum atomic E-state index is 12.6. The van der Waals surface area contributed by atoms with Gasteiger partial charge < -0.3 is 10.2 Å². The lowest BCUT2D eigenvalue weighted by atomic mass is 10.0. The molecule has 1 saturated heterocycles. The van der Waals surface area contributed by atoms with Crippen LogP contribution in [-0.2, 0) is 11.3 Å². The first-order valence-electron chi connectivity index (χ1n) is 8.79. The van der Waals surface area contributed by atoms with Gasteiger partial charge in [-0.2, -0.15) is 0 Å². The van der Waals surface area contributed by atoms with Crippen molar-refractivity contribution in [2.45, 2.75) is 19.4 Å². The summed E-state index contributed by atoms with van der Waals surface area (Å²) >= 11 is 5.89. The molecule has 1 saturated carbocycles. The van der Waals surface area contributed by atoms with E-state index in [9.17, 15) is 9.59 Å². The van der Waals surface area contributed by atoms with Gasteiger partial charge in [-0.1, -0.05) is 11.6 Å². The fraction of sp³-hybridized carbons (Fsp3) is 0.350. The van der Waals surface area contributed by atoms with Gasteiger partial charge in [0.2, 0.25) is 5.91 Å². The molecule has 0 radical (unpaired) electrons. The van der Waals surface area contributed by atoms with E-state index >= 15 is 0 Å². The number of amides is 2.